The second-order valence-corrected chi connectivity index (χ2v) is 16.6. The predicted molar refractivity (Wildman–Crippen MR) is 130 cm³/mol. The molecule has 3 heterocycles. The molecule has 7 rings (SSSR count). The van der Waals surface area contributed by atoms with Gasteiger partial charge in [-0.05, 0) is 25.5 Å². The molecule has 0 amide bonds. The summed E-state index contributed by atoms with van der Waals surface area (Å²) in [6.45, 7) is 11.8. The summed E-state index contributed by atoms with van der Waals surface area (Å²) in [6.07, 6.45) is 2.36. The summed E-state index contributed by atoms with van der Waals surface area (Å²) in [5.74, 6) is 0. The number of hydrogen-bond acceptors (Lipinski definition) is 1. The van der Waals surface area contributed by atoms with Crippen molar-refractivity contribution in [2.75, 3.05) is 0 Å². The van der Waals surface area contributed by atoms with Crippen LogP contribution in [-0.2, 0) is 24.7 Å². The Kier molecular flexibility index (Phi) is 7.70. The van der Waals surface area contributed by atoms with Gasteiger partial charge in [0.05, 0.1) is 8.07 Å². The Balaban J connectivity index is 0.000000175. The molecule has 5 heteroatoms. The number of benzene rings is 2. The van der Waals surface area contributed by atoms with E-state index in [2.05, 4.69) is 94.5 Å². The zero-order valence-electron chi connectivity index (χ0n) is 19.1. The maximum absolute atomic E-state index is 2.52. The zero-order chi connectivity index (χ0) is 21.2. The second kappa shape index (κ2) is 9.51. The van der Waals surface area contributed by atoms with Gasteiger partial charge in [0.15, 0.2) is 0 Å². The molecule has 2 aliphatic carbocycles. The molecule has 0 nitrogen and oxygen atoms in total. The summed E-state index contributed by atoms with van der Waals surface area (Å²) >= 11 is 3.61. The van der Waals surface area contributed by atoms with E-state index in [0.29, 0.717) is 3.63 Å². The quantitative estimate of drug-likeness (QED) is 0.392. The summed E-state index contributed by atoms with van der Waals surface area (Å²) in [4.78, 5) is 3.19. The van der Waals surface area contributed by atoms with Gasteiger partial charge in [-0.2, -0.15) is 0 Å². The summed E-state index contributed by atoms with van der Waals surface area (Å²) in [5.41, 5.74) is 11.3. The van der Waals surface area contributed by atoms with Crippen LogP contribution < -0.4 is 24.8 Å². The molecule has 2 unspecified atom stereocenters. The number of halogens is 2. The van der Waals surface area contributed by atoms with Crippen molar-refractivity contribution >= 4 is 30.7 Å². The van der Waals surface area contributed by atoms with Gasteiger partial charge in [-0.1, -0.05) is 23.9 Å². The molecule has 4 aliphatic rings. The Bertz CT molecular complexity index is 1220. The van der Waals surface area contributed by atoms with E-state index < -0.39 is 8.07 Å². The first-order valence-electron chi connectivity index (χ1n) is 10.7. The average molecular weight is 574 g/mol. The van der Waals surface area contributed by atoms with Crippen LogP contribution in [0.25, 0.3) is 22.4 Å². The van der Waals surface area contributed by atoms with Gasteiger partial charge >= 0.3 is 118 Å². The first-order valence-corrected chi connectivity index (χ1v) is 16.0. The van der Waals surface area contributed by atoms with Crippen LogP contribution >= 0.6 is 11.3 Å². The maximum atomic E-state index is 2.52. The van der Waals surface area contributed by atoms with Crippen LogP contribution in [0.1, 0.15) is 49.5 Å². The van der Waals surface area contributed by atoms with E-state index in [4.69, 9.17) is 0 Å². The normalized spacial score (nSPS) is 20.7. The first kappa shape index (κ1) is 25.9. The van der Waals surface area contributed by atoms with Gasteiger partial charge in [0.2, 0.25) is 0 Å². The molecule has 163 valence electrons. The SMILES string of the molecule is CC1=C2c3cc(C)sc3C1[Si]2(C)C.CC1=Cc2c(-c3ccccc3)cccc2[CH]1[Zr+2].[Cl-].[Cl-]. The van der Waals surface area contributed by atoms with Crippen molar-refractivity contribution in [3.8, 4) is 11.1 Å². The second-order valence-electron chi connectivity index (χ2n) is 9.34. The minimum Gasteiger partial charge on any atom is -1.00 e. The zero-order valence-corrected chi connectivity index (χ0v) is 24.9. The largest absolute Gasteiger partial charge is 1.00 e. The average Bonchev–Trinajstić information content (AvgIpc) is 3.36. The Morgan fingerprint density at radius 1 is 0.875 bits per heavy atom. The Hall–Kier alpha value is -0.700. The fourth-order valence-corrected chi connectivity index (χ4v) is 12.9. The predicted octanol–water partition coefficient (Wildman–Crippen LogP) is 2.09. The summed E-state index contributed by atoms with van der Waals surface area (Å²) in [6, 6.07) is 19.8. The van der Waals surface area contributed by atoms with E-state index in [0.717, 1.165) is 5.54 Å². The van der Waals surface area contributed by atoms with Crippen LogP contribution in [-0.4, -0.2) is 8.07 Å². The van der Waals surface area contributed by atoms with E-state index in [1.807, 2.05) is 11.3 Å². The Morgan fingerprint density at radius 2 is 1.56 bits per heavy atom. The molecule has 2 aromatic carbocycles. The smallest absolute Gasteiger partial charge is 1.00 e. The fourth-order valence-electron chi connectivity index (χ4n) is 5.71. The molecular weight excluding hydrogens is 547 g/mol. The standard InChI is InChI=1S/C16H13.C11H14SSi.2ClH.Zr/c1-12-10-14-8-5-9-15(16(14)11-12)13-6-3-2-4-7-13;1-6-5-8-9(12-6)11-7(2)10(8)13(11,3)4;;;/h2-11H,1H3;5,11H,1-4H3;2*1H;/q;;;;+2/p-2. The first-order chi connectivity index (χ1) is 14.3. The van der Waals surface area contributed by atoms with Crippen LogP contribution in [0, 0.1) is 6.92 Å². The van der Waals surface area contributed by atoms with E-state index >= 15 is 0 Å². The van der Waals surface area contributed by atoms with Gasteiger partial charge in [0.25, 0.3) is 0 Å². The third-order valence-electron chi connectivity index (χ3n) is 6.97. The molecular formula is C27H27Cl2SSiZr. The third-order valence-corrected chi connectivity index (χ3v) is 14.3. The van der Waals surface area contributed by atoms with E-state index in [-0.39, 0.29) is 24.8 Å². The molecule has 0 N–H and O–H groups in total. The van der Waals surface area contributed by atoms with E-state index in [1.54, 1.807) is 45.9 Å². The molecule has 0 saturated heterocycles. The topological polar surface area (TPSA) is 0 Å². The Labute approximate surface area is 224 Å². The monoisotopic (exact) mass is 571 g/mol. The van der Waals surface area contributed by atoms with Crippen molar-refractivity contribution in [2.24, 2.45) is 0 Å². The molecule has 3 aromatic rings. The molecule has 32 heavy (non-hydrogen) atoms. The van der Waals surface area contributed by atoms with Crippen molar-refractivity contribution in [3.63, 3.8) is 0 Å². The van der Waals surface area contributed by atoms with E-state index in [9.17, 15) is 0 Å². The molecule has 0 saturated carbocycles. The number of allylic oxidation sites excluding steroid dienone is 2. The van der Waals surface area contributed by atoms with Crippen LogP contribution in [0.15, 0.2) is 65.7 Å². The summed E-state index contributed by atoms with van der Waals surface area (Å²) < 4.78 is 0.654. The fraction of sp³-hybridized carbons (Fsp3) is 0.259. The minimum atomic E-state index is -0.995. The molecule has 0 spiro atoms. The maximum Gasteiger partial charge on any atom is -1.00 e. The van der Waals surface area contributed by atoms with E-state index in [1.165, 1.54) is 32.7 Å². The summed E-state index contributed by atoms with van der Waals surface area (Å²) in [7, 11) is -0.995. The van der Waals surface area contributed by atoms with Crippen LogP contribution in [0.3, 0.4) is 0 Å². The number of rotatable bonds is 1. The third kappa shape index (κ3) is 3.93. The molecule has 0 fully saturated rings. The van der Waals surface area contributed by atoms with Crippen molar-refractivity contribution in [1.29, 1.82) is 0 Å². The van der Waals surface area contributed by atoms with Gasteiger partial charge in [0, 0.05) is 15.3 Å². The molecule has 2 aliphatic heterocycles. The van der Waals surface area contributed by atoms with Crippen LogP contribution in [0.2, 0.25) is 13.1 Å². The van der Waals surface area contributed by atoms with Crippen molar-refractivity contribution in [3.05, 3.63) is 92.2 Å². The molecule has 2 bridgehead atoms. The number of aryl methyl sites for hydroxylation is 1. The van der Waals surface area contributed by atoms with Crippen molar-refractivity contribution < 1.29 is 49.5 Å². The Morgan fingerprint density at radius 3 is 2.19 bits per heavy atom. The number of fused-ring (bicyclic) bond motifs is 1. The summed E-state index contributed by atoms with van der Waals surface area (Å²) in [5, 5.41) is 1.77. The molecule has 2 atom stereocenters. The van der Waals surface area contributed by atoms with Gasteiger partial charge in [0.1, 0.15) is 0 Å². The van der Waals surface area contributed by atoms with Gasteiger partial charge < -0.3 is 24.8 Å². The number of hydrogen-bond donors (Lipinski definition) is 0. The van der Waals surface area contributed by atoms with Crippen LogP contribution in [0.5, 0.6) is 0 Å². The van der Waals surface area contributed by atoms with Crippen molar-refractivity contribution in [1.82, 2.24) is 0 Å². The van der Waals surface area contributed by atoms with Gasteiger partial charge in [-0.3, -0.25) is 0 Å². The van der Waals surface area contributed by atoms with Crippen molar-refractivity contribution in [2.45, 2.75) is 43.0 Å². The number of thiophene rings is 1. The minimum absolute atomic E-state index is 0. The van der Waals surface area contributed by atoms with Gasteiger partial charge in [-0.15, -0.1) is 11.3 Å². The molecule has 0 radical (unpaired) electrons. The van der Waals surface area contributed by atoms with Gasteiger partial charge in [-0.25, -0.2) is 0 Å². The van der Waals surface area contributed by atoms with Crippen LogP contribution in [0.4, 0.5) is 0 Å². The molecule has 1 aromatic heterocycles.